The van der Waals surface area contributed by atoms with E-state index in [-0.39, 0.29) is 24.1 Å². The van der Waals surface area contributed by atoms with Gasteiger partial charge in [0.15, 0.2) is 0 Å². The number of halogens is 1. The van der Waals surface area contributed by atoms with Gasteiger partial charge in [0.25, 0.3) is 0 Å². The van der Waals surface area contributed by atoms with Crippen LogP contribution >= 0.6 is 0 Å². The Balaban J connectivity index is 1.63. The molecule has 0 spiro atoms. The fraction of sp³-hybridized carbons (Fsp3) is 0.263. The first-order valence-corrected chi connectivity index (χ1v) is 7.97. The van der Waals surface area contributed by atoms with Gasteiger partial charge in [-0.1, -0.05) is 18.2 Å². The van der Waals surface area contributed by atoms with Crippen LogP contribution in [0.2, 0.25) is 0 Å². The molecule has 5 heteroatoms. The molecule has 0 saturated heterocycles. The number of hydrogen-bond donors (Lipinski definition) is 1. The van der Waals surface area contributed by atoms with Gasteiger partial charge < -0.3 is 10.2 Å². The summed E-state index contributed by atoms with van der Waals surface area (Å²) in [7, 11) is 1.76. The quantitative estimate of drug-likeness (QED) is 0.937. The summed E-state index contributed by atoms with van der Waals surface area (Å²) >= 11 is 0. The van der Waals surface area contributed by atoms with E-state index in [2.05, 4.69) is 5.32 Å². The van der Waals surface area contributed by atoms with E-state index in [9.17, 15) is 14.0 Å². The molecule has 0 saturated carbocycles. The Morgan fingerprint density at radius 1 is 1.21 bits per heavy atom. The molecule has 1 aliphatic rings. The number of anilines is 2. The molecule has 1 N–H and O–H groups in total. The van der Waals surface area contributed by atoms with Crippen molar-refractivity contribution in [2.45, 2.75) is 25.7 Å². The van der Waals surface area contributed by atoms with E-state index in [1.807, 2.05) is 12.1 Å². The van der Waals surface area contributed by atoms with Crippen molar-refractivity contribution in [3.05, 3.63) is 59.4 Å². The van der Waals surface area contributed by atoms with Gasteiger partial charge in [-0.05, 0) is 48.2 Å². The zero-order chi connectivity index (χ0) is 17.1. The minimum atomic E-state index is -0.285. The molecule has 0 fully saturated rings. The molecular formula is C19H19FN2O2. The maximum absolute atomic E-state index is 13.6. The largest absolute Gasteiger partial charge is 0.326 e. The van der Waals surface area contributed by atoms with Crippen molar-refractivity contribution in [1.82, 2.24) is 0 Å². The van der Waals surface area contributed by atoms with Crippen molar-refractivity contribution in [2.24, 2.45) is 0 Å². The van der Waals surface area contributed by atoms with Crippen molar-refractivity contribution < 1.29 is 14.0 Å². The van der Waals surface area contributed by atoms with E-state index in [1.165, 1.54) is 6.07 Å². The SMILES string of the molecule is CN1C(=O)CCc2cc(NC(=O)CCc3ccccc3F)ccc21. The van der Waals surface area contributed by atoms with Crippen LogP contribution < -0.4 is 10.2 Å². The van der Waals surface area contributed by atoms with Crippen molar-refractivity contribution in [3.8, 4) is 0 Å². The van der Waals surface area contributed by atoms with Gasteiger partial charge in [-0.2, -0.15) is 0 Å². The molecule has 0 unspecified atom stereocenters. The molecule has 24 heavy (non-hydrogen) atoms. The second-order valence-electron chi connectivity index (χ2n) is 5.94. The third-order valence-corrected chi connectivity index (χ3v) is 4.29. The topological polar surface area (TPSA) is 49.4 Å². The maximum atomic E-state index is 13.6. The lowest BCUT2D eigenvalue weighted by molar-refractivity contribution is -0.118. The number of carbonyl (C=O) groups excluding carboxylic acids is 2. The highest BCUT2D eigenvalue weighted by atomic mass is 19.1. The van der Waals surface area contributed by atoms with Crippen LogP contribution in [-0.4, -0.2) is 18.9 Å². The Kier molecular flexibility index (Phi) is 4.60. The van der Waals surface area contributed by atoms with Crippen LogP contribution in [0.15, 0.2) is 42.5 Å². The predicted molar refractivity (Wildman–Crippen MR) is 91.5 cm³/mol. The number of aryl methyl sites for hydroxylation is 2. The summed E-state index contributed by atoms with van der Waals surface area (Å²) < 4.78 is 13.6. The van der Waals surface area contributed by atoms with Gasteiger partial charge in [-0.15, -0.1) is 0 Å². The van der Waals surface area contributed by atoms with E-state index >= 15 is 0 Å². The lowest BCUT2D eigenvalue weighted by atomic mass is 10.0. The van der Waals surface area contributed by atoms with Gasteiger partial charge in [0.2, 0.25) is 11.8 Å². The van der Waals surface area contributed by atoms with Crippen LogP contribution in [0.4, 0.5) is 15.8 Å². The van der Waals surface area contributed by atoms with Crippen molar-refractivity contribution >= 4 is 23.2 Å². The average Bonchev–Trinajstić information content (AvgIpc) is 2.57. The number of nitrogens with one attached hydrogen (secondary N) is 1. The van der Waals surface area contributed by atoms with Crippen molar-refractivity contribution in [3.63, 3.8) is 0 Å². The van der Waals surface area contributed by atoms with E-state index in [1.54, 1.807) is 36.2 Å². The first-order chi connectivity index (χ1) is 11.5. The number of benzene rings is 2. The second kappa shape index (κ2) is 6.83. The van der Waals surface area contributed by atoms with Crippen LogP contribution in [0, 0.1) is 5.82 Å². The minimum Gasteiger partial charge on any atom is -0.326 e. The van der Waals surface area contributed by atoms with Crippen LogP contribution in [0.3, 0.4) is 0 Å². The standard InChI is InChI=1S/C19H19FN2O2/c1-22-17-9-8-15(12-14(17)7-11-19(22)24)21-18(23)10-6-13-4-2-3-5-16(13)20/h2-5,8-9,12H,6-7,10-11H2,1H3,(H,21,23). The normalized spacial score (nSPS) is 13.6. The Labute approximate surface area is 140 Å². The molecule has 0 aliphatic carbocycles. The van der Waals surface area contributed by atoms with Crippen LogP contribution in [-0.2, 0) is 22.4 Å². The molecular weight excluding hydrogens is 307 g/mol. The third kappa shape index (κ3) is 3.45. The third-order valence-electron chi connectivity index (χ3n) is 4.29. The lowest BCUT2D eigenvalue weighted by Gasteiger charge is -2.26. The molecule has 4 nitrogen and oxygen atoms in total. The van der Waals surface area contributed by atoms with Crippen molar-refractivity contribution in [2.75, 3.05) is 17.3 Å². The summed E-state index contributed by atoms with van der Waals surface area (Å²) in [5.74, 6) is -0.339. The number of hydrogen-bond acceptors (Lipinski definition) is 2. The fourth-order valence-corrected chi connectivity index (χ4v) is 2.91. The van der Waals surface area contributed by atoms with Gasteiger partial charge in [-0.3, -0.25) is 9.59 Å². The molecule has 2 aromatic carbocycles. The lowest BCUT2D eigenvalue weighted by Crippen LogP contribution is -2.31. The Bertz CT molecular complexity index is 789. The number of carbonyl (C=O) groups is 2. The minimum absolute atomic E-state index is 0.101. The summed E-state index contributed by atoms with van der Waals surface area (Å²) in [5, 5.41) is 2.84. The number of rotatable bonds is 4. The van der Waals surface area contributed by atoms with E-state index in [4.69, 9.17) is 0 Å². The molecule has 0 atom stereocenters. The first-order valence-electron chi connectivity index (χ1n) is 7.97. The van der Waals surface area contributed by atoms with Gasteiger partial charge >= 0.3 is 0 Å². The average molecular weight is 326 g/mol. The Morgan fingerprint density at radius 2 is 2.00 bits per heavy atom. The predicted octanol–water partition coefficient (Wildman–Crippen LogP) is 3.31. The number of fused-ring (bicyclic) bond motifs is 1. The Morgan fingerprint density at radius 3 is 2.79 bits per heavy atom. The molecule has 2 aromatic rings. The zero-order valence-electron chi connectivity index (χ0n) is 13.5. The summed E-state index contributed by atoms with van der Waals surface area (Å²) in [6, 6.07) is 12.0. The molecule has 1 heterocycles. The van der Waals surface area contributed by atoms with E-state index < -0.39 is 0 Å². The summed E-state index contributed by atoms with van der Waals surface area (Å²) in [5.41, 5.74) is 3.17. The van der Waals surface area contributed by atoms with Gasteiger partial charge in [0, 0.05) is 31.3 Å². The fourth-order valence-electron chi connectivity index (χ4n) is 2.91. The van der Waals surface area contributed by atoms with Crippen LogP contribution in [0.5, 0.6) is 0 Å². The summed E-state index contributed by atoms with van der Waals surface area (Å²) in [4.78, 5) is 25.4. The summed E-state index contributed by atoms with van der Waals surface area (Å²) in [6.45, 7) is 0. The highest BCUT2D eigenvalue weighted by Gasteiger charge is 2.21. The first kappa shape index (κ1) is 16.2. The second-order valence-corrected chi connectivity index (χ2v) is 5.94. The smallest absolute Gasteiger partial charge is 0.227 e. The monoisotopic (exact) mass is 326 g/mol. The molecule has 1 aliphatic heterocycles. The molecule has 0 bridgehead atoms. The zero-order valence-corrected chi connectivity index (χ0v) is 13.5. The summed E-state index contributed by atoms with van der Waals surface area (Å²) in [6.07, 6.45) is 1.74. The van der Waals surface area contributed by atoms with E-state index in [0.717, 1.165) is 11.3 Å². The number of amides is 2. The van der Waals surface area contributed by atoms with Crippen LogP contribution in [0.1, 0.15) is 24.0 Å². The van der Waals surface area contributed by atoms with Gasteiger partial charge in [0.05, 0.1) is 0 Å². The van der Waals surface area contributed by atoms with Gasteiger partial charge in [0.1, 0.15) is 5.82 Å². The molecule has 0 aromatic heterocycles. The van der Waals surface area contributed by atoms with Crippen LogP contribution in [0.25, 0.3) is 0 Å². The highest BCUT2D eigenvalue weighted by Crippen LogP contribution is 2.29. The van der Waals surface area contributed by atoms with E-state index in [0.29, 0.717) is 30.5 Å². The molecule has 0 radical (unpaired) electrons. The maximum Gasteiger partial charge on any atom is 0.227 e. The molecule has 3 rings (SSSR count). The highest BCUT2D eigenvalue weighted by molar-refractivity contribution is 5.97. The molecule has 124 valence electrons. The Hall–Kier alpha value is -2.69. The van der Waals surface area contributed by atoms with Gasteiger partial charge in [-0.25, -0.2) is 4.39 Å². The molecule has 2 amide bonds. The number of nitrogens with zero attached hydrogens (tertiary/aromatic N) is 1. The van der Waals surface area contributed by atoms with Crippen molar-refractivity contribution in [1.29, 1.82) is 0 Å².